The van der Waals surface area contributed by atoms with Gasteiger partial charge in [-0.3, -0.25) is 4.79 Å². The molecule has 0 N–H and O–H groups in total. The average Bonchev–Trinajstić information content (AvgIpc) is 3.40. The van der Waals surface area contributed by atoms with E-state index in [2.05, 4.69) is 51.9 Å². The molecule has 0 saturated heterocycles. The van der Waals surface area contributed by atoms with E-state index in [1.807, 2.05) is 0 Å². The maximum absolute atomic E-state index is 12.6. The van der Waals surface area contributed by atoms with E-state index < -0.39 is 0 Å². The minimum Gasteiger partial charge on any atom is -0.461 e. The van der Waals surface area contributed by atoms with Crippen molar-refractivity contribution in [2.45, 2.75) is 25.4 Å². The van der Waals surface area contributed by atoms with Crippen molar-refractivity contribution in [1.29, 1.82) is 0 Å². The van der Waals surface area contributed by atoms with Crippen molar-refractivity contribution >= 4 is 40.0 Å². The van der Waals surface area contributed by atoms with Gasteiger partial charge >= 0.3 is 5.97 Å². The quantitative estimate of drug-likeness (QED) is 0.375. The van der Waals surface area contributed by atoms with Crippen LogP contribution < -0.4 is 0 Å². The van der Waals surface area contributed by atoms with Crippen molar-refractivity contribution in [3.05, 3.63) is 57.4 Å². The van der Waals surface area contributed by atoms with Crippen LogP contribution in [0.3, 0.4) is 0 Å². The third kappa shape index (κ3) is 3.08. The summed E-state index contributed by atoms with van der Waals surface area (Å²) in [6.07, 6.45) is 7.07. The number of hydrogen-bond donors (Lipinski definition) is 0. The fourth-order valence-electron chi connectivity index (χ4n) is 3.98. The fraction of sp³-hybridized carbons (Fsp3) is 0.286. The largest absolute Gasteiger partial charge is 0.461 e. The van der Waals surface area contributed by atoms with Gasteiger partial charge in [0.2, 0.25) is 0 Å². The summed E-state index contributed by atoms with van der Waals surface area (Å²) in [5.41, 5.74) is 3.51. The number of carbonyl (C=O) groups excluding carboxylic acids is 1. The van der Waals surface area contributed by atoms with E-state index >= 15 is 0 Å². The normalized spacial score (nSPS) is 23.6. The van der Waals surface area contributed by atoms with E-state index in [9.17, 15) is 4.79 Å². The molecular formula is C21H18O2S3. The molecule has 3 heterocycles. The summed E-state index contributed by atoms with van der Waals surface area (Å²) < 4.78 is 5.84. The Morgan fingerprint density at radius 3 is 2.54 bits per heavy atom. The maximum atomic E-state index is 12.6. The van der Waals surface area contributed by atoms with Crippen LogP contribution in [0.2, 0.25) is 0 Å². The van der Waals surface area contributed by atoms with Gasteiger partial charge in [-0.15, -0.1) is 11.3 Å². The Balaban J connectivity index is 1.39. The SMILES string of the molecule is O=C(Cc1cc(-c2ccsc2)sc1-c1ccsc1)OC1CC2C=CC1C2. The monoisotopic (exact) mass is 398 g/mol. The minimum atomic E-state index is -0.0953. The number of carbonyl (C=O) groups is 1. The van der Waals surface area contributed by atoms with Gasteiger partial charge in [0.1, 0.15) is 6.10 Å². The van der Waals surface area contributed by atoms with E-state index in [-0.39, 0.29) is 12.1 Å². The highest BCUT2D eigenvalue weighted by Crippen LogP contribution is 2.42. The Kier molecular flexibility index (Phi) is 4.31. The number of ether oxygens (including phenoxy) is 1. The van der Waals surface area contributed by atoms with Crippen molar-refractivity contribution in [2.24, 2.45) is 11.8 Å². The summed E-state index contributed by atoms with van der Waals surface area (Å²) in [6, 6.07) is 6.43. The molecule has 5 heteroatoms. The predicted molar refractivity (Wildman–Crippen MR) is 110 cm³/mol. The molecule has 3 unspecified atom stereocenters. The summed E-state index contributed by atoms with van der Waals surface area (Å²) in [7, 11) is 0. The Labute approximate surface area is 164 Å². The van der Waals surface area contributed by atoms with Crippen molar-refractivity contribution in [1.82, 2.24) is 0 Å². The highest BCUT2D eigenvalue weighted by Gasteiger charge is 2.38. The molecule has 26 heavy (non-hydrogen) atoms. The van der Waals surface area contributed by atoms with Crippen LogP contribution >= 0.6 is 34.0 Å². The lowest BCUT2D eigenvalue weighted by Crippen LogP contribution is -2.23. The zero-order valence-electron chi connectivity index (χ0n) is 14.1. The van der Waals surface area contributed by atoms with E-state index in [1.54, 1.807) is 34.0 Å². The third-order valence-corrected chi connectivity index (χ3v) is 7.88. The first-order valence-electron chi connectivity index (χ1n) is 8.82. The second-order valence-electron chi connectivity index (χ2n) is 6.97. The predicted octanol–water partition coefficient (Wildman–Crippen LogP) is 6.26. The molecule has 2 aliphatic rings. The van der Waals surface area contributed by atoms with Gasteiger partial charge in [-0.25, -0.2) is 0 Å². The molecule has 3 aromatic heterocycles. The number of hydrogen-bond acceptors (Lipinski definition) is 5. The highest BCUT2D eigenvalue weighted by atomic mass is 32.1. The Bertz CT molecular complexity index is 934. The van der Waals surface area contributed by atoms with Crippen LogP contribution in [0.15, 0.2) is 51.9 Å². The molecule has 3 atom stereocenters. The lowest BCUT2D eigenvalue weighted by Gasteiger charge is -2.18. The smallest absolute Gasteiger partial charge is 0.310 e. The second-order valence-corrected chi connectivity index (χ2v) is 9.59. The van der Waals surface area contributed by atoms with E-state index in [4.69, 9.17) is 4.74 Å². The summed E-state index contributed by atoms with van der Waals surface area (Å²) >= 11 is 5.15. The third-order valence-electron chi connectivity index (χ3n) is 5.23. The van der Waals surface area contributed by atoms with Crippen molar-refractivity contribution < 1.29 is 9.53 Å². The molecule has 3 aromatic rings. The number of esters is 1. The van der Waals surface area contributed by atoms with Crippen LogP contribution in [-0.4, -0.2) is 12.1 Å². The zero-order chi connectivity index (χ0) is 17.5. The number of rotatable bonds is 5. The molecule has 1 saturated carbocycles. The standard InChI is InChI=1S/C21H18O2S3/c22-20(23-18-8-13-1-2-14(18)7-13)10-17-9-19(15-3-5-24-11-15)26-21(17)16-4-6-25-12-16/h1-6,9,11-14,18H,7-8,10H2. The van der Waals surface area contributed by atoms with Gasteiger partial charge in [-0.1, -0.05) is 12.2 Å². The molecular weight excluding hydrogens is 380 g/mol. The molecule has 0 spiro atoms. The van der Waals surface area contributed by atoms with Gasteiger partial charge in [0.05, 0.1) is 6.42 Å². The highest BCUT2D eigenvalue weighted by molar-refractivity contribution is 7.19. The first-order valence-corrected chi connectivity index (χ1v) is 11.5. The number of allylic oxidation sites excluding steroid dienone is 1. The van der Waals surface area contributed by atoms with Crippen LogP contribution in [0.25, 0.3) is 20.9 Å². The first kappa shape index (κ1) is 16.5. The Hall–Kier alpha value is -1.69. The second kappa shape index (κ2) is 6.80. The lowest BCUT2D eigenvalue weighted by atomic mass is 10.0. The van der Waals surface area contributed by atoms with Gasteiger partial charge in [0, 0.05) is 26.8 Å². The Morgan fingerprint density at radius 2 is 1.88 bits per heavy atom. The van der Waals surface area contributed by atoms with Gasteiger partial charge in [-0.05, 0) is 64.0 Å². The van der Waals surface area contributed by atoms with Crippen LogP contribution in [0.4, 0.5) is 0 Å². The van der Waals surface area contributed by atoms with E-state index in [0.717, 1.165) is 18.4 Å². The molecule has 2 aliphatic carbocycles. The molecule has 0 amide bonds. The van der Waals surface area contributed by atoms with E-state index in [1.165, 1.54) is 20.9 Å². The molecule has 2 nitrogen and oxygen atoms in total. The molecule has 132 valence electrons. The van der Waals surface area contributed by atoms with Crippen molar-refractivity contribution in [3.8, 4) is 20.9 Å². The van der Waals surface area contributed by atoms with Gasteiger partial charge < -0.3 is 4.74 Å². The molecule has 5 rings (SSSR count). The Morgan fingerprint density at radius 1 is 1.08 bits per heavy atom. The minimum absolute atomic E-state index is 0.0806. The van der Waals surface area contributed by atoms with Gasteiger partial charge in [0.15, 0.2) is 0 Å². The maximum Gasteiger partial charge on any atom is 0.310 e. The molecule has 0 radical (unpaired) electrons. The van der Waals surface area contributed by atoms with Crippen LogP contribution in [-0.2, 0) is 16.0 Å². The van der Waals surface area contributed by atoms with E-state index in [0.29, 0.717) is 18.3 Å². The summed E-state index contributed by atoms with van der Waals surface area (Å²) in [5.74, 6) is 0.955. The van der Waals surface area contributed by atoms with Gasteiger partial charge in [0.25, 0.3) is 0 Å². The van der Waals surface area contributed by atoms with Crippen molar-refractivity contribution in [3.63, 3.8) is 0 Å². The summed E-state index contributed by atoms with van der Waals surface area (Å²) in [6.45, 7) is 0. The van der Waals surface area contributed by atoms with Crippen LogP contribution in [0, 0.1) is 11.8 Å². The number of thiophene rings is 3. The zero-order valence-corrected chi connectivity index (χ0v) is 16.5. The fourth-order valence-corrected chi connectivity index (χ4v) is 6.60. The lowest BCUT2D eigenvalue weighted by molar-refractivity contribution is -0.149. The average molecular weight is 399 g/mol. The molecule has 2 bridgehead atoms. The van der Waals surface area contributed by atoms with Gasteiger partial charge in [-0.2, -0.15) is 22.7 Å². The summed E-state index contributed by atoms with van der Waals surface area (Å²) in [5, 5.41) is 8.49. The topological polar surface area (TPSA) is 26.3 Å². The van der Waals surface area contributed by atoms with Crippen molar-refractivity contribution in [2.75, 3.05) is 0 Å². The number of fused-ring (bicyclic) bond motifs is 2. The van der Waals surface area contributed by atoms with Crippen LogP contribution in [0.1, 0.15) is 18.4 Å². The molecule has 0 aromatic carbocycles. The first-order chi connectivity index (χ1) is 12.8. The summed E-state index contributed by atoms with van der Waals surface area (Å²) in [4.78, 5) is 15.0. The molecule has 0 aliphatic heterocycles. The van der Waals surface area contributed by atoms with Crippen LogP contribution in [0.5, 0.6) is 0 Å². The molecule has 1 fully saturated rings.